The normalized spacial score (nSPS) is 10.5. The van der Waals surface area contributed by atoms with Gasteiger partial charge in [-0.25, -0.2) is 0 Å². The largest absolute Gasteiger partial charge is 0.491 e. The van der Waals surface area contributed by atoms with Crippen LogP contribution in [0.5, 0.6) is 5.75 Å². The Labute approximate surface area is 125 Å². The van der Waals surface area contributed by atoms with E-state index in [4.69, 9.17) is 17.0 Å². The van der Waals surface area contributed by atoms with Gasteiger partial charge in [-0.3, -0.25) is 4.79 Å². The van der Waals surface area contributed by atoms with Crippen molar-refractivity contribution in [3.8, 4) is 5.75 Å². The molecule has 1 aromatic rings. The first-order chi connectivity index (χ1) is 9.36. The number of rotatable bonds is 5. The third-order valence-electron chi connectivity index (χ3n) is 2.31. The fourth-order valence-electron chi connectivity index (χ4n) is 1.63. The second-order valence-corrected chi connectivity index (χ2v) is 5.70. The van der Waals surface area contributed by atoms with Gasteiger partial charge in [0.2, 0.25) is 5.91 Å². The third-order valence-corrected chi connectivity index (χ3v) is 2.51. The second kappa shape index (κ2) is 7.85. The van der Waals surface area contributed by atoms with Gasteiger partial charge in [0.15, 0.2) is 5.11 Å². The molecular weight excluding hydrogens is 272 g/mol. The van der Waals surface area contributed by atoms with Crippen LogP contribution in [0.2, 0.25) is 0 Å². The predicted molar refractivity (Wildman–Crippen MR) is 86.0 cm³/mol. The maximum atomic E-state index is 11.6. The minimum atomic E-state index is -0.0768. The standard InChI is InChI=1S/C15H22N2O2S/c1-10(2)8-14(18)17-15(20)16-12-6-5-7-13(9-12)19-11(3)4/h5-7,9-11H,8H2,1-4H3,(H2,16,17,18,20). The molecule has 2 N–H and O–H groups in total. The van der Waals surface area contributed by atoms with E-state index >= 15 is 0 Å². The Hall–Kier alpha value is -1.62. The molecule has 0 aliphatic rings. The number of thiocarbonyl (C=S) groups is 1. The summed E-state index contributed by atoms with van der Waals surface area (Å²) in [5.41, 5.74) is 0.790. The lowest BCUT2D eigenvalue weighted by Gasteiger charge is -2.13. The van der Waals surface area contributed by atoms with Crippen LogP contribution in [0.1, 0.15) is 34.1 Å². The van der Waals surface area contributed by atoms with Gasteiger partial charge in [-0.1, -0.05) is 19.9 Å². The first-order valence-corrected chi connectivity index (χ1v) is 7.15. The smallest absolute Gasteiger partial charge is 0.226 e. The van der Waals surface area contributed by atoms with Crippen molar-refractivity contribution in [1.29, 1.82) is 0 Å². The van der Waals surface area contributed by atoms with E-state index < -0.39 is 0 Å². The van der Waals surface area contributed by atoms with E-state index in [0.717, 1.165) is 11.4 Å². The van der Waals surface area contributed by atoms with E-state index in [1.165, 1.54) is 0 Å². The minimum Gasteiger partial charge on any atom is -0.491 e. The van der Waals surface area contributed by atoms with Gasteiger partial charge in [0.25, 0.3) is 0 Å². The van der Waals surface area contributed by atoms with Crippen LogP contribution >= 0.6 is 12.2 Å². The summed E-state index contributed by atoms with van der Waals surface area (Å²) in [6.45, 7) is 7.92. The zero-order chi connectivity index (χ0) is 15.1. The summed E-state index contributed by atoms with van der Waals surface area (Å²) in [6, 6.07) is 7.47. The van der Waals surface area contributed by atoms with Crippen molar-refractivity contribution < 1.29 is 9.53 Å². The first kappa shape index (κ1) is 16.4. The van der Waals surface area contributed by atoms with Crippen LogP contribution in [0.15, 0.2) is 24.3 Å². The molecule has 20 heavy (non-hydrogen) atoms. The highest BCUT2D eigenvalue weighted by Gasteiger charge is 2.07. The molecule has 0 fully saturated rings. The zero-order valence-electron chi connectivity index (χ0n) is 12.4. The third kappa shape index (κ3) is 6.52. The monoisotopic (exact) mass is 294 g/mol. The van der Waals surface area contributed by atoms with Crippen molar-refractivity contribution in [3.05, 3.63) is 24.3 Å². The molecule has 0 saturated carbocycles. The Morgan fingerprint density at radius 3 is 2.60 bits per heavy atom. The highest BCUT2D eigenvalue weighted by atomic mass is 32.1. The van der Waals surface area contributed by atoms with Crippen LogP contribution in [0.4, 0.5) is 5.69 Å². The quantitative estimate of drug-likeness (QED) is 0.818. The van der Waals surface area contributed by atoms with E-state index in [9.17, 15) is 4.79 Å². The van der Waals surface area contributed by atoms with Gasteiger partial charge in [0.1, 0.15) is 5.75 Å². The molecule has 0 spiro atoms. The SMILES string of the molecule is CC(C)CC(=O)NC(=S)Nc1cccc(OC(C)C)c1. The molecule has 1 amide bonds. The van der Waals surface area contributed by atoms with Gasteiger partial charge in [-0.15, -0.1) is 0 Å². The minimum absolute atomic E-state index is 0.0768. The van der Waals surface area contributed by atoms with Gasteiger partial charge < -0.3 is 15.4 Å². The first-order valence-electron chi connectivity index (χ1n) is 6.74. The molecule has 0 unspecified atom stereocenters. The van der Waals surface area contributed by atoms with Crippen molar-refractivity contribution in [2.45, 2.75) is 40.2 Å². The van der Waals surface area contributed by atoms with Crippen LogP contribution in [0.25, 0.3) is 0 Å². The molecular formula is C15H22N2O2S. The lowest BCUT2D eigenvalue weighted by molar-refractivity contribution is -0.120. The molecule has 5 heteroatoms. The molecule has 1 rings (SSSR count). The molecule has 0 saturated heterocycles. The number of amides is 1. The lowest BCUT2D eigenvalue weighted by atomic mass is 10.1. The highest BCUT2D eigenvalue weighted by Crippen LogP contribution is 2.18. The van der Waals surface area contributed by atoms with Gasteiger partial charge in [0, 0.05) is 18.2 Å². The Bertz CT molecular complexity index is 473. The Morgan fingerprint density at radius 2 is 2.00 bits per heavy atom. The van der Waals surface area contributed by atoms with Gasteiger partial charge >= 0.3 is 0 Å². The molecule has 0 bridgehead atoms. The zero-order valence-corrected chi connectivity index (χ0v) is 13.2. The number of ether oxygens (including phenoxy) is 1. The maximum absolute atomic E-state index is 11.6. The molecule has 0 aliphatic carbocycles. The fourth-order valence-corrected chi connectivity index (χ4v) is 1.86. The Kier molecular flexibility index (Phi) is 6.45. The van der Waals surface area contributed by atoms with Gasteiger partial charge in [-0.05, 0) is 44.1 Å². The molecule has 110 valence electrons. The van der Waals surface area contributed by atoms with Crippen molar-refractivity contribution in [2.75, 3.05) is 5.32 Å². The summed E-state index contributed by atoms with van der Waals surface area (Å²) in [6.07, 6.45) is 0.571. The van der Waals surface area contributed by atoms with Gasteiger partial charge in [-0.2, -0.15) is 0 Å². The molecule has 0 radical (unpaired) electrons. The van der Waals surface area contributed by atoms with E-state index in [-0.39, 0.29) is 12.0 Å². The van der Waals surface area contributed by atoms with Crippen molar-refractivity contribution in [2.24, 2.45) is 5.92 Å². The summed E-state index contributed by atoms with van der Waals surface area (Å²) in [7, 11) is 0. The number of anilines is 1. The number of hydrogen-bond donors (Lipinski definition) is 2. The predicted octanol–water partition coefficient (Wildman–Crippen LogP) is 3.33. The van der Waals surface area contributed by atoms with E-state index in [2.05, 4.69) is 10.6 Å². The molecule has 1 aromatic carbocycles. The molecule has 0 atom stereocenters. The molecule has 0 aliphatic heterocycles. The second-order valence-electron chi connectivity index (χ2n) is 5.29. The number of hydrogen-bond acceptors (Lipinski definition) is 3. The number of carbonyl (C=O) groups is 1. The van der Waals surface area contributed by atoms with Crippen LogP contribution in [0.3, 0.4) is 0 Å². The van der Waals surface area contributed by atoms with Crippen molar-refractivity contribution >= 4 is 28.9 Å². The number of carbonyl (C=O) groups excluding carboxylic acids is 1. The van der Waals surface area contributed by atoms with Crippen LogP contribution in [-0.4, -0.2) is 17.1 Å². The lowest BCUT2D eigenvalue weighted by Crippen LogP contribution is -2.34. The number of benzene rings is 1. The average molecular weight is 294 g/mol. The van der Waals surface area contributed by atoms with Gasteiger partial charge in [0.05, 0.1) is 6.10 Å². The summed E-state index contributed by atoms with van der Waals surface area (Å²) in [5, 5.41) is 5.94. The maximum Gasteiger partial charge on any atom is 0.226 e. The van der Waals surface area contributed by atoms with E-state index in [1.807, 2.05) is 52.0 Å². The average Bonchev–Trinajstić information content (AvgIpc) is 2.26. The fraction of sp³-hybridized carbons (Fsp3) is 0.467. The Balaban J connectivity index is 2.55. The Morgan fingerprint density at radius 1 is 1.30 bits per heavy atom. The molecule has 0 heterocycles. The topological polar surface area (TPSA) is 50.4 Å². The highest BCUT2D eigenvalue weighted by molar-refractivity contribution is 7.80. The molecule has 4 nitrogen and oxygen atoms in total. The van der Waals surface area contributed by atoms with E-state index in [1.54, 1.807) is 0 Å². The summed E-state index contributed by atoms with van der Waals surface area (Å²) in [4.78, 5) is 11.6. The van der Waals surface area contributed by atoms with Crippen molar-refractivity contribution in [3.63, 3.8) is 0 Å². The molecule has 0 aromatic heterocycles. The van der Waals surface area contributed by atoms with Crippen LogP contribution < -0.4 is 15.4 Å². The van der Waals surface area contributed by atoms with Crippen LogP contribution in [0, 0.1) is 5.92 Å². The van der Waals surface area contributed by atoms with Crippen LogP contribution in [-0.2, 0) is 4.79 Å². The number of nitrogens with one attached hydrogen (secondary N) is 2. The van der Waals surface area contributed by atoms with Crippen molar-refractivity contribution in [1.82, 2.24) is 5.32 Å². The summed E-state index contributed by atoms with van der Waals surface area (Å²) in [5.74, 6) is 0.994. The summed E-state index contributed by atoms with van der Waals surface area (Å²) >= 11 is 5.11. The summed E-state index contributed by atoms with van der Waals surface area (Å²) < 4.78 is 5.60. The van der Waals surface area contributed by atoms with E-state index in [0.29, 0.717) is 17.5 Å².